The van der Waals surface area contributed by atoms with Crippen molar-refractivity contribution in [3.8, 4) is 0 Å². The summed E-state index contributed by atoms with van der Waals surface area (Å²) in [5.74, 6) is -0.947. The molecule has 1 atom stereocenters. The zero-order chi connectivity index (χ0) is 43.7. The van der Waals surface area contributed by atoms with Gasteiger partial charge in [-0.3, -0.25) is 14.4 Å². The van der Waals surface area contributed by atoms with Gasteiger partial charge in [0.1, 0.15) is 13.2 Å². The minimum Gasteiger partial charge on any atom is -0.462 e. The summed E-state index contributed by atoms with van der Waals surface area (Å²) in [6, 6.07) is 0. The third-order valence-corrected chi connectivity index (χ3v) is 10.1. The van der Waals surface area contributed by atoms with Crippen LogP contribution < -0.4 is 0 Å². The largest absolute Gasteiger partial charge is 0.462 e. The van der Waals surface area contributed by atoms with Crippen LogP contribution in [0.5, 0.6) is 0 Å². The van der Waals surface area contributed by atoms with Crippen LogP contribution in [0, 0.1) is 0 Å². The smallest absolute Gasteiger partial charge is 0.306 e. The molecule has 0 amide bonds. The SMILES string of the molecule is CC/C=C\C/C=C\C/C=C\C/C=C\C/C=C\CCCCCC(=O)OCC(COC(=O)CCCCCCCCCCC)OC(=O)CCCCCCC/C=C\C/C=C\CCCC. The highest BCUT2D eigenvalue weighted by Gasteiger charge is 2.19. The van der Waals surface area contributed by atoms with Gasteiger partial charge < -0.3 is 14.2 Å². The van der Waals surface area contributed by atoms with E-state index in [1.165, 1.54) is 57.8 Å². The molecule has 0 aromatic carbocycles. The van der Waals surface area contributed by atoms with Gasteiger partial charge in [-0.15, -0.1) is 0 Å². The van der Waals surface area contributed by atoms with Gasteiger partial charge in [-0.2, -0.15) is 0 Å². The molecule has 0 fully saturated rings. The van der Waals surface area contributed by atoms with Crippen LogP contribution in [0.25, 0.3) is 0 Å². The molecule has 342 valence electrons. The number of esters is 3. The standard InChI is InChI=1S/C54H90O6/c1-4-7-10-13-16-19-21-23-25-26-27-28-29-31-32-35-38-41-44-47-53(56)59-50-51(49-58-52(55)46-43-40-37-34-18-15-12-9-6-3)60-54(57)48-45-42-39-36-33-30-24-22-20-17-14-11-8-5-2/h7,10,14,16-17,19,22-25,27-28,31-32,51H,4-6,8-9,11-13,15,18,20-21,26,29-30,33-50H2,1-3H3/b10-7-,17-14-,19-16-,24-22-,25-23-,28-27-,32-31-. The first kappa shape index (κ1) is 56.6. The first-order chi connectivity index (χ1) is 29.5. The van der Waals surface area contributed by atoms with Gasteiger partial charge in [0.05, 0.1) is 0 Å². The van der Waals surface area contributed by atoms with Crippen molar-refractivity contribution < 1.29 is 28.6 Å². The average Bonchev–Trinajstić information content (AvgIpc) is 3.24. The molecular weight excluding hydrogens is 745 g/mol. The second-order valence-corrected chi connectivity index (χ2v) is 16.0. The van der Waals surface area contributed by atoms with Crippen LogP contribution in [0.3, 0.4) is 0 Å². The Morgan fingerprint density at radius 1 is 0.350 bits per heavy atom. The summed E-state index contributed by atoms with van der Waals surface area (Å²) in [4.78, 5) is 37.8. The Hall–Kier alpha value is -3.41. The van der Waals surface area contributed by atoms with Crippen LogP contribution in [0.15, 0.2) is 85.1 Å². The quantitative estimate of drug-likeness (QED) is 0.0263. The number of allylic oxidation sites excluding steroid dienone is 14. The molecule has 0 bridgehead atoms. The van der Waals surface area contributed by atoms with Crippen molar-refractivity contribution in [3.05, 3.63) is 85.1 Å². The van der Waals surface area contributed by atoms with E-state index in [0.717, 1.165) is 122 Å². The molecule has 6 nitrogen and oxygen atoms in total. The molecule has 0 aromatic rings. The number of rotatable bonds is 43. The number of unbranched alkanes of at least 4 members (excludes halogenated alkanes) is 18. The maximum Gasteiger partial charge on any atom is 0.306 e. The van der Waals surface area contributed by atoms with E-state index in [2.05, 4.69) is 106 Å². The van der Waals surface area contributed by atoms with Crippen LogP contribution >= 0.6 is 0 Å². The van der Waals surface area contributed by atoms with Crippen molar-refractivity contribution >= 4 is 17.9 Å². The van der Waals surface area contributed by atoms with Gasteiger partial charge in [-0.1, -0.05) is 196 Å². The maximum absolute atomic E-state index is 12.7. The molecule has 0 spiro atoms. The van der Waals surface area contributed by atoms with Gasteiger partial charge in [-0.05, 0) is 89.9 Å². The van der Waals surface area contributed by atoms with Crippen LogP contribution in [0.2, 0.25) is 0 Å². The first-order valence-electron chi connectivity index (χ1n) is 24.6. The van der Waals surface area contributed by atoms with Gasteiger partial charge in [-0.25, -0.2) is 0 Å². The molecule has 0 saturated heterocycles. The van der Waals surface area contributed by atoms with E-state index < -0.39 is 6.10 Å². The molecule has 0 saturated carbocycles. The maximum atomic E-state index is 12.7. The highest BCUT2D eigenvalue weighted by Crippen LogP contribution is 2.13. The number of carbonyl (C=O) groups excluding carboxylic acids is 3. The predicted octanol–water partition coefficient (Wildman–Crippen LogP) is 16.0. The lowest BCUT2D eigenvalue weighted by Gasteiger charge is -2.18. The summed E-state index contributed by atoms with van der Waals surface area (Å²) >= 11 is 0. The molecule has 0 N–H and O–H groups in total. The third-order valence-electron chi connectivity index (χ3n) is 10.1. The molecule has 6 heteroatoms. The molecule has 1 unspecified atom stereocenters. The van der Waals surface area contributed by atoms with Crippen LogP contribution in [-0.4, -0.2) is 37.2 Å². The van der Waals surface area contributed by atoms with Crippen LogP contribution in [-0.2, 0) is 28.6 Å². The van der Waals surface area contributed by atoms with E-state index in [9.17, 15) is 14.4 Å². The zero-order valence-electron chi connectivity index (χ0n) is 38.9. The lowest BCUT2D eigenvalue weighted by Crippen LogP contribution is -2.30. The highest BCUT2D eigenvalue weighted by molar-refractivity contribution is 5.71. The fraction of sp³-hybridized carbons (Fsp3) is 0.685. The van der Waals surface area contributed by atoms with E-state index in [4.69, 9.17) is 14.2 Å². The fourth-order valence-electron chi connectivity index (χ4n) is 6.42. The van der Waals surface area contributed by atoms with E-state index >= 15 is 0 Å². The summed E-state index contributed by atoms with van der Waals surface area (Å²) in [6.07, 6.45) is 61.4. The van der Waals surface area contributed by atoms with Crippen LogP contribution in [0.4, 0.5) is 0 Å². The third kappa shape index (κ3) is 45.7. The number of ether oxygens (including phenoxy) is 3. The zero-order valence-corrected chi connectivity index (χ0v) is 38.9. The monoisotopic (exact) mass is 835 g/mol. The van der Waals surface area contributed by atoms with Crippen LogP contribution in [0.1, 0.15) is 220 Å². The van der Waals surface area contributed by atoms with Crippen molar-refractivity contribution in [1.82, 2.24) is 0 Å². The Morgan fingerprint density at radius 3 is 1.08 bits per heavy atom. The van der Waals surface area contributed by atoms with Crippen molar-refractivity contribution in [3.63, 3.8) is 0 Å². The van der Waals surface area contributed by atoms with Gasteiger partial charge in [0.2, 0.25) is 0 Å². The minimum absolute atomic E-state index is 0.0927. The highest BCUT2D eigenvalue weighted by atomic mass is 16.6. The van der Waals surface area contributed by atoms with Crippen molar-refractivity contribution in [1.29, 1.82) is 0 Å². The molecule has 0 aliphatic carbocycles. The number of carbonyl (C=O) groups is 3. The topological polar surface area (TPSA) is 78.9 Å². The van der Waals surface area contributed by atoms with E-state index in [0.29, 0.717) is 19.3 Å². The summed E-state index contributed by atoms with van der Waals surface area (Å²) in [6.45, 7) is 6.41. The van der Waals surface area contributed by atoms with E-state index in [1.807, 2.05) is 0 Å². The summed E-state index contributed by atoms with van der Waals surface area (Å²) < 4.78 is 16.7. The predicted molar refractivity (Wildman–Crippen MR) is 256 cm³/mol. The fourth-order valence-corrected chi connectivity index (χ4v) is 6.42. The van der Waals surface area contributed by atoms with Gasteiger partial charge in [0.15, 0.2) is 6.10 Å². The van der Waals surface area contributed by atoms with Gasteiger partial charge in [0, 0.05) is 19.3 Å². The van der Waals surface area contributed by atoms with E-state index in [1.54, 1.807) is 0 Å². The summed E-state index contributed by atoms with van der Waals surface area (Å²) in [5.41, 5.74) is 0. The Bertz CT molecular complexity index is 1190. The number of hydrogen-bond donors (Lipinski definition) is 0. The molecular formula is C54H90O6. The second kappa shape index (κ2) is 48.3. The second-order valence-electron chi connectivity index (χ2n) is 16.0. The minimum atomic E-state index is -0.794. The normalized spacial score (nSPS) is 12.8. The molecule has 0 radical (unpaired) electrons. The molecule has 0 aromatic heterocycles. The van der Waals surface area contributed by atoms with Gasteiger partial charge >= 0.3 is 17.9 Å². The average molecular weight is 835 g/mol. The Labute approximate surface area is 369 Å². The Balaban J connectivity index is 4.42. The molecule has 0 aliphatic heterocycles. The molecule has 60 heavy (non-hydrogen) atoms. The molecule has 0 heterocycles. The summed E-state index contributed by atoms with van der Waals surface area (Å²) in [5, 5.41) is 0. The molecule has 0 aliphatic rings. The van der Waals surface area contributed by atoms with Crippen molar-refractivity contribution in [2.75, 3.05) is 13.2 Å². The first-order valence-corrected chi connectivity index (χ1v) is 24.6. The van der Waals surface area contributed by atoms with E-state index in [-0.39, 0.29) is 31.1 Å². The summed E-state index contributed by atoms with van der Waals surface area (Å²) in [7, 11) is 0. The number of hydrogen-bond acceptors (Lipinski definition) is 6. The Kier molecular flexibility index (Phi) is 45.5. The lowest BCUT2D eigenvalue weighted by atomic mass is 10.1. The Morgan fingerprint density at radius 2 is 0.667 bits per heavy atom. The lowest BCUT2D eigenvalue weighted by molar-refractivity contribution is -0.167. The molecule has 0 rings (SSSR count). The van der Waals surface area contributed by atoms with Gasteiger partial charge in [0.25, 0.3) is 0 Å². The van der Waals surface area contributed by atoms with Crippen molar-refractivity contribution in [2.24, 2.45) is 0 Å². The van der Waals surface area contributed by atoms with Crippen molar-refractivity contribution in [2.45, 2.75) is 226 Å².